The second-order valence-corrected chi connectivity index (χ2v) is 14.5. The maximum Gasteiger partial charge on any atom is 0.416 e. The molecule has 0 radical (unpaired) electrons. The lowest BCUT2D eigenvalue weighted by molar-refractivity contribution is -0.137. The summed E-state index contributed by atoms with van der Waals surface area (Å²) in [5.41, 5.74) is 4.25. The average molecular weight is 735 g/mol. The van der Waals surface area contributed by atoms with E-state index in [1.54, 1.807) is 33.3 Å². The Hall–Kier alpha value is -3.60. The van der Waals surface area contributed by atoms with E-state index in [0.29, 0.717) is 68.5 Å². The Morgan fingerprint density at radius 2 is 1.67 bits per heavy atom. The van der Waals surface area contributed by atoms with E-state index in [1.165, 1.54) is 23.5 Å². The fourth-order valence-electron chi connectivity index (χ4n) is 5.52. The second-order valence-electron chi connectivity index (χ2n) is 11.3. The number of carbonyl (C=O) groups excluding carboxylic acids is 1. The van der Waals surface area contributed by atoms with Crippen molar-refractivity contribution in [2.45, 2.75) is 44.8 Å². The van der Waals surface area contributed by atoms with Gasteiger partial charge in [-0.1, -0.05) is 41.5 Å². The highest BCUT2D eigenvalue weighted by molar-refractivity contribution is 7.70. The summed E-state index contributed by atoms with van der Waals surface area (Å²) in [4.78, 5) is 15.2. The molecule has 0 bridgehead atoms. The van der Waals surface area contributed by atoms with E-state index in [2.05, 4.69) is 21.5 Å². The number of benzene rings is 2. The van der Waals surface area contributed by atoms with Crippen LogP contribution in [0.2, 0.25) is 10.0 Å². The Kier molecular flexibility index (Phi) is 10.6. The van der Waals surface area contributed by atoms with Crippen molar-refractivity contribution in [1.82, 2.24) is 24.5 Å². The maximum atomic E-state index is 13.9. The van der Waals surface area contributed by atoms with E-state index in [0.717, 1.165) is 44.2 Å². The molecule has 6 rings (SSSR count). The molecule has 0 aliphatic carbocycles. The van der Waals surface area contributed by atoms with Gasteiger partial charge in [-0.05, 0) is 84.5 Å². The van der Waals surface area contributed by atoms with Gasteiger partial charge in [-0.3, -0.25) is 10.2 Å². The summed E-state index contributed by atoms with van der Waals surface area (Å²) in [6.07, 6.45) is 0.461. The zero-order valence-electron chi connectivity index (χ0n) is 25.5. The van der Waals surface area contributed by atoms with Crippen molar-refractivity contribution in [3.63, 3.8) is 0 Å². The number of carbonyl (C=O) groups is 1. The van der Waals surface area contributed by atoms with Crippen molar-refractivity contribution in [3.05, 3.63) is 96.1 Å². The lowest BCUT2D eigenvalue weighted by atomic mass is 10.1. The zero-order valence-corrected chi connectivity index (χ0v) is 28.7. The molecule has 4 aromatic rings. The van der Waals surface area contributed by atoms with Crippen molar-refractivity contribution < 1.29 is 22.2 Å². The lowest BCUT2D eigenvalue weighted by Crippen LogP contribution is -2.45. The van der Waals surface area contributed by atoms with Gasteiger partial charge in [0, 0.05) is 36.8 Å². The van der Waals surface area contributed by atoms with Gasteiger partial charge in [0.05, 0.1) is 37.3 Å². The number of rotatable bonds is 5. The first-order valence-corrected chi connectivity index (χ1v) is 18.0. The topological polar surface area (TPSA) is 74.8 Å². The molecule has 1 amide bonds. The Morgan fingerprint density at radius 3 is 2.35 bits per heavy atom. The van der Waals surface area contributed by atoms with Gasteiger partial charge in [-0.15, -0.1) is 19.9 Å². The Balaban J connectivity index is 1.44. The van der Waals surface area contributed by atoms with E-state index in [-0.39, 0.29) is 12.2 Å². The summed E-state index contributed by atoms with van der Waals surface area (Å²) in [6, 6.07) is 13.2. The fourth-order valence-corrected chi connectivity index (χ4v) is 7.90. The molecule has 2 aliphatic heterocycles. The Bertz CT molecular complexity index is 2030. The number of aromatic nitrogens is 2. The number of thiophene rings is 1. The van der Waals surface area contributed by atoms with Gasteiger partial charge in [0.25, 0.3) is 5.91 Å². The number of nitrogens with zero attached hydrogens (tertiary/aromatic N) is 5. The van der Waals surface area contributed by atoms with Crippen LogP contribution in [0.1, 0.15) is 64.2 Å². The third-order valence-corrected chi connectivity index (χ3v) is 10.7. The first-order valence-electron chi connectivity index (χ1n) is 15.3. The van der Waals surface area contributed by atoms with Gasteiger partial charge in [0.15, 0.2) is 5.69 Å². The molecule has 0 spiro atoms. The number of nitrogens with one attached hydrogen (secondary N) is 1. The first kappa shape index (κ1) is 34.3. The Morgan fingerprint density at radius 1 is 0.958 bits per heavy atom. The third-order valence-electron chi connectivity index (χ3n) is 7.95. The zero-order chi connectivity index (χ0) is 33.8. The molecule has 0 saturated carbocycles. The summed E-state index contributed by atoms with van der Waals surface area (Å²) in [5, 5.41) is 7.38. The number of alkyl halides is 3. The van der Waals surface area contributed by atoms with E-state index < -0.39 is 28.3 Å². The smallest absolute Gasteiger partial charge is 0.283 e. The van der Waals surface area contributed by atoms with Gasteiger partial charge in [-0.2, -0.15) is 18.3 Å². The summed E-state index contributed by atoms with van der Waals surface area (Å²) >= 11 is 14.2. The van der Waals surface area contributed by atoms with Crippen molar-refractivity contribution >= 4 is 51.1 Å². The van der Waals surface area contributed by atoms with Crippen LogP contribution in [-0.2, 0) is 23.3 Å². The van der Waals surface area contributed by atoms with Crippen LogP contribution in [0.3, 0.4) is 0 Å². The predicted molar refractivity (Wildman–Crippen MR) is 183 cm³/mol. The van der Waals surface area contributed by atoms with E-state index >= 15 is 0 Å². The monoisotopic (exact) mass is 733 g/mol. The molecule has 0 unspecified atom stereocenters. The van der Waals surface area contributed by atoms with Crippen LogP contribution in [0.25, 0.3) is 20.4 Å². The van der Waals surface area contributed by atoms with Crippen molar-refractivity contribution in [2.24, 2.45) is 0 Å². The van der Waals surface area contributed by atoms with Crippen LogP contribution in [0.15, 0.2) is 54.6 Å². The molecule has 1 N–H and O–H groups in total. The second kappa shape index (κ2) is 14.9. The number of hydrogen-bond acceptors (Lipinski definition) is 5. The van der Waals surface area contributed by atoms with Crippen LogP contribution in [0.5, 0.6) is 0 Å². The molecule has 48 heavy (non-hydrogen) atoms. The molecule has 250 valence electrons. The average Bonchev–Trinajstić information content (AvgIpc) is 3.84. The maximum absolute atomic E-state index is 13.9. The number of hydrazine groups is 1. The molecule has 8 nitrogen and oxygen atoms in total. The van der Waals surface area contributed by atoms with E-state index in [4.69, 9.17) is 28.3 Å². The standard InChI is InChI=1S/C33H29Cl2F3N6O2S2/c34-24-11-14-28(27(35)20-24)44-31(29-15-13-25(47-29)12-8-22-6-9-23(10-7-22)33(36,37)38)26(21-39-48(46)43-18-4-5-19-43)30(40-44)32(45)41-42-16-2-1-3-17-42/h6-7,9-11,13-15,20H,1-5,16-19,21H2/p+1. The van der Waals surface area contributed by atoms with Gasteiger partial charge in [-0.25, -0.2) is 9.69 Å². The normalized spacial score (nSPS) is 15.5. The Labute approximate surface area is 291 Å². The first-order chi connectivity index (χ1) is 23.1. The summed E-state index contributed by atoms with van der Waals surface area (Å²) in [6.45, 7) is 2.73. The minimum atomic E-state index is -4.43. The highest BCUT2D eigenvalue weighted by Gasteiger charge is 2.32. The third kappa shape index (κ3) is 7.98. The minimum Gasteiger partial charge on any atom is -0.283 e. The molecule has 2 saturated heterocycles. The SMILES string of the molecule is O=C(NN1CCCCC1)c1nn(-c2ccc(Cl)cc2Cl)c(-c2ccc(C#Cc3ccc(C(F)(F)F)cc3)s2)c1C[N+]#S(=O)N1CCCC1. The molecular weight excluding hydrogens is 704 g/mol. The molecular formula is C33H30Cl2F3N6O2S2+. The van der Waals surface area contributed by atoms with Crippen molar-refractivity contribution in [1.29, 1.82) is 0 Å². The highest BCUT2D eigenvalue weighted by Crippen LogP contribution is 2.37. The number of amides is 1. The summed E-state index contributed by atoms with van der Waals surface area (Å²) in [5.74, 6) is 5.53. The molecule has 15 heteroatoms. The minimum absolute atomic E-state index is 0.0587. The van der Waals surface area contributed by atoms with Crippen LogP contribution >= 0.6 is 34.5 Å². The lowest BCUT2D eigenvalue weighted by Gasteiger charge is -2.26. The highest BCUT2D eigenvalue weighted by atomic mass is 35.5. The number of piperidine rings is 1. The molecule has 2 aromatic heterocycles. The molecule has 4 heterocycles. The van der Waals surface area contributed by atoms with Crippen molar-refractivity contribution in [3.8, 4) is 28.1 Å². The molecule has 0 atom stereocenters. The van der Waals surface area contributed by atoms with Crippen LogP contribution < -0.4 is 5.43 Å². The van der Waals surface area contributed by atoms with E-state index in [9.17, 15) is 22.2 Å². The molecule has 2 fully saturated rings. The largest absolute Gasteiger partial charge is 0.416 e. The quantitative estimate of drug-likeness (QED) is 0.211. The van der Waals surface area contributed by atoms with Crippen molar-refractivity contribution in [2.75, 3.05) is 26.2 Å². The van der Waals surface area contributed by atoms with Crippen LogP contribution in [0, 0.1) is 11.8 Å². The molecule has 2 aliphatic rings. The predicted octanol–water partition coefficient (Wildman–Crippen LogP) is 8.01. The van der Waals surface area contributed by atoms with Gasteiger partial charge in [0.1, 0.15) is 0 Å². The van der Waals surface area contributed by atoms with Gasteiger partial charge in [0.2, 0.25) is 0 Å². The van der Waals surface area contributed by atoms with Crippen LogP contribution in [0.4, 0.5) is 13.2 Å². The van der Waals surface area contributed by atoms with Gasteiger partial charge < -0.3 is 0 Å². The number of hydrogen-bond donors (Lipinski definition) is 1. The summed E-state index contributed by atoms with van der Waals surface area (Å²) < 4.78 is 60.0. The number of halogens is 5. The fraction of sp³-hybridized carbons (Fsp3) is 0.333. The van der Waals surface area contributed by atoms with Crippen LogP contribution in [-0.4, -0.2) is 55.4 Å². The van der Waals surface area contributed by atoms with Gasteiger partial charge >= 0.3 is 23.3 Å². The summed E-state index contributed by atoms with van der Waals surface area (Å²) in [7, 11) is -1.61. The molecule has 2 aromatic carbocycles. The van der Waals surface area contributed by atoms with E-state index in [1.807, 2.05) is 11.1 Å².